The third kappa shape index (κ3) is 3.33. The van der Waals surface area contributed by atoms with Crippen LogP contribution in [0.1, 0.15) is 20.8 Å². The Kier molecular flexibility index (Phi) is 4.39. The van der Waals surface area contributed by atoms with Crippen molar-refractivity contribution < 1.29 is 19.1 Å². The van der Waals surface area contributed by atoms with Gasteiger partial charge in [-0.1, -0.05) is 0 Å². The molecule has 0 aliphatic heterocycles. The van der Waals surface area contributed by atoms with Crippen LogP contribution < -0.4 is 5.32 Å². The van der Waals surface area contributed by atoms with Crippen molar-refractivity contribution in [2.24, 2.45) is 7.05 Å². The van der Waals surface area contributed by atoms with Gasteiger partial charge in [0.2, 0.25) is 0 Å². The molecule has 0 saturated heterocycles. The maximum Gasteiger partial charge on any atom is 0.338 e. The summed E-state index contributed by atoms with van der Waals surface area (Å²) in [6.07, 6.45) is 1.69. The van der Waals surface area contributed by atoms with Crippen LogP contribution in [0.2, 0.25) is 0 Å². The van der Waals surface area contributed by atoms with Crippen LogP contribution in [0.3, 0.4) is 0 Å². The maximum atomic E-state index is 12.0. The Morgan fingerprint density at radius 3 is 2.88 bits per heavy atom. The van der Waals surface area contributed by atoms with Gasteiger partial charge in [0.1, 0.15) is 5.69 Å². The second kappa shape index (κ2) is 6.63. The number of fused-ring (bicyclic) bond motifs is 1. The molecule has 2 amide bonds. The number of amides is 2. The fourth-order valence-electron chi connectivity index (χ4n) is 2.12. The molecular weight excluding hydrogens is 330 g/mol. The highest BCUT2D eigenvalue weighted by molar-refractivity contribution is 7.16. The topological polar surface area (TPSA) is 90.3 Å². The number of ether oxygens (including phenoxy) is 1. The number of imide groups is 1. The van der Waals surface area contributed by atoms with Crippen LogP contribution in [0.25, 0.3) is 10.2 Å². The highest BCUT2D eigenvalue weighted by Crippen LogP contribution is 2.19. The quantitative estimate of drug-likeness (QED) is 0.729. The van der Waals surface area contributed by atoms with E-state index < -0.39 is 24.4 Å². The van der Waals surface area contributed by atoms with Crippen molar-refractivity contribution in [3.63, 3.8) is 0 Å². The zero-order valence-electron chi connectivity index (χ0n) is 12.7. The number of hydrogen-bond donors (Lipinski definition) is 1. The van der Waals surface area contributed by atoms with Gasteiger partial charge in [0.15, 0.2) is 6.61 Å². The average Bonchev–Trinajstić information content (AvgIpc) is 3.20. The lowest BCUT2D eigenvalue weighted by molar-refractivity contribution is -0.123. The van der Waals surface area contributed by atoms with Gasteiger partial charge < -0.3 is 9.30 Å². The van der Waals surface area contributed by atoms with Gasteiger partial charge in [-0.3, -0.25) is 14.9 Å². The molecule has 7 nitrogen and oxygen atoms in total. The number of esters is 1. The standard InChI is InChI=1S/C16H13N3O4S/c1-19-6-2-3-12(19)15(21)18-14(20)8-23-16(22)10-4-5-11-13(7-10)24-9-17-11/h2-7,9H,8H2,1H3,(H,18,20,21). The molecule has 122 valence electrons. The van der Waals surface area contributed by atoms with Crippen LogP contribution in [0, 0.1) is 0 Å². The van der Waals surface area contributed by atoms with Gasteiger partial charge in [0, 0.05) is 13.2 Å². The molecule has 0 bridgehead atoms. The van der Waals surface area contributed by atoms with E-state index >= 15 is 0 Å². The van der Waals surface area contributed by atoms with Crippen molar-refractivity contribution in [2.45, 2.75) is 0 Å². The Morgan fingerprint density at radius 1 is 1.29 bits per heavy atom. The van der Waals surface area contributed by atoms with E-state index in [0.717, 1.165) is 10.2 Å². The first-order chi connectivity index (χ1) is 11.5. The lowest BCUT2D eigenvalue weighted by Gasteiger charge is -2.06. The summed E-state index contributed by atoms with van der Waals surface area (Å²) < 4.78 is 7.37. The molecule has 24 heavy (non-hydrogen) atoms. The van der Waals surface area contributed by atoms with E-state index in [4.69, 9.17) is 4.74 Å². The minimum absolute atomic E-state index is 0.327. The van der Waals surface area contributed by atoms with Crippen LogP contribution in [0.5, 0.6) is 0 Å². The zero-order chi connectivity index (χ0) is 17.1. The molecule has 0 radical (unpaired) electrons. The number of thiazole rings is 1. The first-order valence-corrected chi connectivity index (χ1v) is 7.88. The second-order valence-corrected chi connectivity index (χ2v) is 5.88. The van der Waals surface area contributed by atoms with Crippen molar-refractivity contribution >= 4 is 39.3 Å². The summed E-state index contributed by atoms with van der Waals surface area (Å²) in [7, 11) is 1.69. The number of rotatable bonds is 4. The number of nitrogens with one attached hydrogen (secondary N) is 1. The molecule has 0 aliphatic rings. The van der Waals surface area contributed by atoms with E-state index in [9.17, 15) is 14.4 Å². The summed E-state index contributed by atoms with van der Waals surface area (Å²) >= 11 is 1.41. The summed E-state index contributed by atoms with van der Waals surface area (Å²) in [4.78, 5) is 39.7. The van der Waals surface area contributed by atoms with E-state index in [1.807, 2.05) is 0 Å². The third-order valence-electron chi connectivity index (χ3n) is 3.33. The molecule has 0 spiro atoms. The lowest BCUT2D eigenvalue weighted by atomic mass is 10.2. The summed E-state index contributed by atoms with van der Waals surface area (Å²) in [5, 5.41) is 2.17. The summed E-state index contributed by atoms with van der Waals surface area (Å²) in [6.45, 7) is -0.532. The van der Waals surface area contributed by atoms with Crippen molar-refractivity contribution in [1.29, 1.82) is 0 Å². The highest BCUT2D eigenvalue weighted by Gasteiger charge is 2.15. The van der Waals surface area contributed by atoms with Crippen molar-refractivity contribution in [1.82, 2.24) is 14.9 Å². The fourth-order valence-corrected chi connectivity index (χ4v) is 2.84. The molecule has 0 atom stereocenters. The molecule has 8 heteroatoms. The van der Waals surface area contributed by atoms with Crippen molar-refractivity contribution in [3.8, 4) is 0 Å². The molecule has 3 aromatic rings. The normalized spacial score (nSPS) is 10.5. The number of carbonyl (C=O) groups is 3. The van der Waals surface area contributed by atoms with Crippen LogP contribution in [-0.2, 0) is 16.6 Å². The van der Waals surface area contributed by atoms with Crippen molar-refractivity contribution in [3.05, 3.63) is 53.3 Å². The average molecular weight is 343 g/mol. The van der Waals surface area contributed by atoms with E-state index in [1.54, 1.807) is 53.7 Å². The van der Waals surface area contributed by atoms with Crippen LogP contribution in [0.4, 0.5) is 0 Å². The molecule has 2 heterocycles. The second-order valence-electron chi connectivity index (χ2n) is 4.99. The molecular formula is C16H13N3O4S. The van der Waals surface area contributed by atoms with E-state index in [2.05, 4.69) is 10.3 Å². The zero-order valence-corrected chi connectivity index (χ0v) is 13.5. The minimum atomic E-state index is -0.687. The highest BCUT2D eigenvalue weighted by atomic mass is 32.1. The van der Waals surface area contributed by atoms with E-state index in [1.165, 1.54) is 11.3 Å². The van der Waals surface area contributed by atoms with Crippen LogP contribution >= 0.6 is 11.3 Å². The number of aryl methyl sites for hydroxylation is 1. The fraction of sp³-hybridized carbons (Fsp3) is 0.125. The summed E-state index contributed by atoms with van der Waals surface area (Å²) in [5.74, 6) is -1.87. The largest absolute Gasteiger partial charge is 0.452 e. The molecule has 0 saturated carbocycles. The first-order valence-electron chi connectivity index (χ1n) is 7.00. The Balaban J connectivity index is 1.56. The molecule has 0 unspecified atom stereocenters. The summed E-state index contributed by atoms with van der Waals surface area (Å²) in [5.41, 5.74) is 3.14. The lowest BCUT2D eigenvalue weighted by Crippen LogP contribution is -2.35. The van der Waals surface area contributed by atoms with E-state index in [-0.39, 0.29) is 0 Å². The van der Waals surface area contributed by atoms with Crippen molar-refractivity contribution in [2.75, 3.05) is 6.61 Å². The Labute approximate surface area is 140 Å². The van der Waals surface area contributed by atoms with Crippen LogP contribution in [-0.4, -0.2) is 33.9 Å². The number of nitrogens with zero attached hydrogens (tertiary/aromatic N) is 2. The maximum absolute atomic E-state index is 12.0. The van der Waals surface area contributed by atoms with E-state index in [0.29, 0.717) is 11.3 Å². The third-order valence-corrected chi connectivity index (χ3v) is 4.12. The molecule has 1 aromatic carbocycles. The summed E-state index contributed by atoms with van der Waals surface area (Å²) in [6, 6.07) is 8.22. The van der Waals surface area contributed by atoms with Gasteiger partial charge in [-0.15, -0.1) is 11.3 Å². The first kappa shape index (κ1) is 15.9. The molecule has 0 fully saturated rings. The predicted molar refractivity (Wildman–Crippen MR) is 87.8 cm³/mol. The molecule has 2 aromatic heterocycles. The van der Waals surface area contributed by atoms with Crippen LogP contribution in [0.15, 0.2) is 42.0 Å². The Morgan fingerprint density at radius 2 is 2.12 bits per heavy atom. The number of hydrogen-bond acceptors (Lipinski definition) is 6. The predicted octanol–water partition coefficient (Wildman–Crippen LogP) is 1.75. The van der Waals surface area contributed by atoms with Gasteiger partial charge >= 0.3 is 5.97 Å². The smallest absolute Gasteiger partial charge is 0.338 e. The molecule has 3 rings (SSSR count). The van der Waals surface area contributed by atoms with Gasteiger partial charge in [-0.2, -0.15) is 0 Å². The van der Waals surface area contributed by atoms with Gasteiger partial charge in [0.25, 0.3) is 11.8 Å². The Bertz CT molecular complexity index is 928. The number of benzene rings is 1. The number of carbonyl (C=O) groups excluding carboxylic acids is 3. The molecule has 1 N–H and O–H groups in total. The van der Waals surface area contributed by atoms with Gasteiger partial charge in [-0.05, 0) is 30.3 Å². The number of aromatic nitrogens is 2. The van der Waals surface area contributed by atoms with Gasteiger partial charge in [-0.25, -0.2) is 9.78 Å². The monoisotopic (exact) mass is 343 g/mol. The Hall–Kier alpha value is -3.00. The SMILES string of the molecule is Cn1cccc1C(=O)NC(=O)COC(=O)c1ccc2ncsc2c1. The molecule has 0 aliphatic carbocycles. The van der Waals surface area contributed by atoms with Gasteiger partial charge in [0.05, 0.1) is 21.3 Å². The minimum Gasteiger partial charge on any atom is -0.452 e.